The maximum Gasteiger partial charge on any atom is -0.0355 e. The highest BCUT2D eigenvalue weighted by Gasteiger charge is 2.33. The lowest BCUT2D eigenvalue weighted by Crippen LogP contribution is -2.30. The molecule has 290 valence electrons. The molecule has 0 nitrogen and oxygen atoms in total. The lowest BCUT2D eigenvalue weighted by Gasteiger charge is -2.40. The fourth-order valence-corrected chi connectivity index (χ4v) is 9.17. The predicted octanol–water partition coefficient (Wildman–Crippen LogP) is 18.4. The summed E-state index contributed by atoms with van der Waals surface area (Å²) in [6.07, 6.45) is 56.0. The Balaban J connectivity index is 5.77. The molecule has 0 aliphatic carbocycles. The van der Waals surface area contributed by atoms with Crippen LogP contribution in [0.1, 0.15) is 286 Å². The van der Waals surface area contributed by atoms with Crippen molar-refractivity contribution in [3.63, 3.8) is 0 Å². The van der Waals surface area contributed by atoms with E-state index in [1.165, 1.54) is 218 Å². The van der Waals surface area contributed by atoms with Crippen molar-refractivity contribution < 1.29 is 0 Å². The van der Waals surface area contributed by atoms with Crippen molar-refractivity contribution in [3.8, 4) is 0 Å². The summed E-state index contributed by atoms with van der Waals surface area (Å²) >= 11 is 0. The first-order valence-corrected chi connectivity index (χ1v) is 23.7. The largest absolute Gasteiger partial charge is 0.0654 e. The van der Waals surface area contributed by atoms with Crippen LogP contribution in [0.4, 0.5) is 0 Å². The van der Waals surface area contributed by atoms with E-state index in [-0.39, 0.29) is 0 Å². The first-order valence-electron chi connectivity index (χ1n) is 23.7. The monoisotopic (exact) mass is 675 g/mol. The van der Waals surface area contributed by atoms with E-state index in [9.17, 15) is 0 Å². The van der Waals surface area contributed by atoms with Crippen LogP contribution in [0.15, 0.2) is 0 Å². The average molecular weight is 675 g/mol. The predicted molar refractivity (Wildman–Crippen MR) is 223 cm³/mol. The van der Waals surface area contributed by atoms with E-state index in [2.05, 4.69) is 41.5 Å². The highest BCUT2D eigenvalue weighted by atomic mass is 14.4. The van der Waals surface area contributed by atoms with Gasteiger partial charge in [-0.3, -0.25) is 0 Å². The van der Waals surface area contributed by atoms with Crippen molar-refractivity contribution in [2.24, 2.45) is 23.7 Å². The molecule has 0 heteroatoms. The van der Waals surface area contributed by atoms with Crippen molar-refractivity contribution in [1.82, 2.24) is 0 Å². The maximum absolute atomic E-state index is 2.50. The van der Waals surface area contributed by atoms with Crippen molar-refractivity contribution >= 4 is 0 Å². The van der Waals surface area contributed by atoms with Gasteiger partial charge in [-0.05, 0) is 36.5 Å². The molecular weight excluding hydrogens is 577 g/mol. The normalized spacial score (nSPS) is 14.4. The summed E-state index contributed by atoms with van der Waals surface area (Å²) in [6.45, 7) is 14.4. The molecule has 0 bridgehead atoms. The zero-order valence-electron chi connectivity index (χ0n) is 35.2. The Bertz CT molecular complexity index is 564. The van der Waals surface area contributed by atoms with E-state index >= 15 is 0 Å². The molecule has 0 fully saturated rings. The van der Waals surface area contributed by atoms with Crippen LogP contribution in [-0.4, -0.2) is 0 Å². The van der Waals surface area contributed by atoms with E-state index in [0.717, 1.165) is 23.7 Å². The Morgan fingerprint density at radius 2 is 0.396 bits per heavy atom. The maximum atomic E-state index is 2.50. The molecular formula is C48H98. The van der Waals surface area contributed by atoms with E-state index in [1.54, 1.807) is 25.7 Å². The fourth-order valence-electron chi connectivity index (χ4n) is 9.17. The van der Waals surface area contributed by atoms with E-state index in [1.807, 2.05) is 0 Å². The zero-order chi connectivity index (χ0) is 35.2. The van der Waals surface area contributed by atoms with E-state index in [4.69, 9.17) is 0 Å². The lowest BCUT2D eigenvalue weighted by molar-refractivity contribution is 0.105. The van der Waals surface area contributed by atoms with Crippen LogP contribution in [0.5, 0.6) is 0 Å². The van der Waals surface area contributed by atoms with Gasteiger partial charge in [0.2, 0.25) is 0 Å². The van der Waals surface area contributed by atoms with Crippen LogP contribution in [0, 0.1) is 23.7 Å². The van der Waals surface area contributed by atoms with Crippen LogP contribution in [0.25, 0.3) is 0 Å². The summed E-state index contributed by atoms with van der Waals surface area (Å²) < 4.78 is 0. The molecule has 0 saturated carbocycles. The zero-order valence-corrected chi connectivity index (χ0v) is 35.2. The van der Waals surface area contributed by atoms with Gasteiger partial charge < -0.3 is 0 Å². The third-order valence-corrected chi connectivity index (χ3v) is 12.2. The van der Waals surface area contributed by atoms with Crippen LogP contribution < -0.4 is 0 Å². The number of rotatable bonds is 41. The topological polar surface area (TPSA) is 0 Å². The molecule has 0 aliphatic heterocycles. The van der Waals surface area contributed by atoms with Gasteiger partial charge in [0.05, 0.1) is 0 Å². The standard InChI is InChI=1S/C48H98/c1-7-13-18-23-26-27-28-29-32-35-40-45(39-12-6)47(43-37-22-17-11-5)48(44-38-33-25-20-15-9-3)46(41-34-30-21-16-10-4)42-36-31-24-19-14-8-2/h45-48H,7-44H2,1-6H3. The fraction of sp³-hybridized carbons (Fsp3) is 1.00. The quantitative estimate of drug-likeness (QED) is 0.0566. The second kappa shape index (κ2) is 39.8. The summed E-state index contributed by atoms with van der Waals surface area (Å²) in [6, 6.07) is 0. The number of hydrogen-bond donors (Lipinski definition) is 0. The smallest absolute Gasteiger partial charge is 0.0355 e. The molecule has 0 aromatic rings. The Morgan fingerprint density at radius 1 is 0.188 bits per heavy atom. The molecule has 0 N–H and O–H groups in total. The third kappa shape index (κ3) is 29.7. The summed E-state index contributed by atoms with van der Waals surface area (Å²) in [5, 5.41) is 0. The lowest BCUT2D eigenvalue weighted by atomic mass is 9.66. The molecule has 0 amide bonds. The molecule has 0 aliphatic rings. The van der Waals surface area contributed by atoms with Crippen LogP contribution in [0.2, 0.25) is 0 Å². The van der Waals surface area contributed by atoms with Gasteiger partial charge in [-0.2, -0.15) is 0 Å². The molecule has 0 spiro atoms. The van der Waals surface area contributed by atoms with Crippen LogP contribution >= 0.6 is 0 Å². The molecule has 0 heterocycles. The van der Waals surface area contributed by atoms with Crippen LogP contribution in [-0.2, 0) is 0 Å². The Kier molecular flexibility index (Phi) is 39.8. The van der Waals surface area contributed by atoms with Crippen molar-refractivity contribution in [1.29, 1.82) is 0 Å². The number of unbranched alkanes of at least 4 members (excludes halogenated alkanes) is 26. The molecule has 0 saturated heterocycles. The van der Waals surface area contributed by atoms with Gasteiger partial charge in [0.15, 0.2) is 0 Å². The molecule has 48 heavy (non-hydrogen) atoms. The molecule has 0 aromatic heterocycles. The van der Waals surface area contributed by atoms with Gasteiger partial charge in [-0.1, -0.05) is 273 Å². The average Bonchev–Trinajstić information content (AvgIpc) is 3.09. The van der Waals surface area contributed by atoms with Crippen molar-refractivity contribution in [2.75, 3.05) is 0 Å². The van der Waals surface area contributed by atoms with Gasteiger partial charge in [-0.25, -0.2) is 0 Å². The Morgan fingerprint density at radius 3 is 0.667 bits per heavy atom. The van der Waals surface area contributed by atoms with Gasteiger partial charge in [0.25, 0.3) is 0 Å². The van der Waals surface area contributed by atoms with Gasteiger partial charge in [0.1, 0.15) is 0 Å². The summed E-state index contributed by atoms with van der Waals surface area (Å²) in [7, 11) is 0. The summed E-state index contributed by atoms with van der Waals surface area (Å²) in [5.41, 5.74) is 0. The third-order valence-electron chi connectivity index (χ3n) is 12.2. The van der Waals surface area contributed by atoms with E-state index in [0.29, 0.717) is 0 Å². The molecule has 4 atom stereocenters. The SMILES string of the molecule is CCCCCCCCCCCCC(CCC)C(CCCCCC)C(CCCCCCCC)C(CCCCCCC)CCCCCCCC. The molecule has 4 unspecified atom stereocenters. The first kappa shape index (κ1) is 48.0. The molecule has 0 rings (SSSR count). The van der Waals surface area contributed by atoms with Gasteiger partial charge in [0, 0.05) is 0 Å². The number of hydrogen-bond acceptors (Lipinski definition) is 0. The van der Waals surface area contributed by atoms with Crippen molar-refractivity contribution in [2.45, 2.75) is 286 Å². The van der Waals surface area contributed by atoms with Gasteiger partial charge >= 0.3 is 0 Å². The minimum atomic E-state index is 0.989. The molecule has 0 radical (unpaired) electrons. The highest BCUT2D eigenvalue weighted by Crippen LogP contribution is 2.43. The summed E-state index contributed by atoms with van der Waals surface area (Å²) in [5.74, 6) is 3.98. The first-order chi connectivity index (χ1) is 23.7. The Labute approximate surface area is 308 Å². The minimum Gasteiger partial charge on any atom is -0.0654 e. The second-order valence-electron chi connectivity index (χ2n) is 16.8. The minimum absolute atomic E-state index is 0.989. The highest BCUT2D eigenvalue weighted by molar-refractivity contribution is 4.83. The van der Waals surface area contributed by atoms with Gasteiger partial charge in [-0.15, -0.1) is 0 Å². The second-order valence-corrected chi connectivity index (χ2v) is 16.8. The Hall–Kier alpha value is 0. The van der Waals surface area contributed by atoms with E-state index < -0.39 is 0 Å². The van der Waals surface area contributed by atoms with Crippen LogP contribution in [0.3, 0.4) is 0 Å². The summed E-state index contributed by atoms with van der Waals surface area (Å²) in [4.78, 5) is 0. The molecule has 0 aromatic carbocycles. The van der Waals surface area contributed by atoms with Crippen molar-refractivity contribution in [3.05, 3.63) is 0 Å².